The molecule has 1 aliphatic rings. The Labute approximate surface area is 99.1 Å². The summed E-state index contributed by atoms with van der Waals surface area (Å²) in [6, 6.07) is 3.95. The molecule has 0 amide bonds. The summed E-state index contributed by atoms with van der Waals surface area (Å²) in [5, 5.41) is 0. The largest absolute Gasteiger partial charge is 0.368 e. The van der Waals surface area contributed by atoms with Crippen LogP contribution in [0.4, 0.5) is 5.95 Å². The minimum atomic E-state index is 0.292. The fourth-order valence-electron chi connectivity index (χ4n) is 1.96. The molecule has 0 atom stereocenters. The lowest BCUT2D eigenvalue weighted by molar-refractivity contribution is 0.974. The number of hydrogen-bond acceptors (Lipinski definition) is 3. The van der Waals surface area contributed by atoms with E-state index in [9.17, 15) is 0 Å². The molecule has 0 spiro atoms. The van der Waals surface area contributed by atoms with Crippen LogP contribution >= 0.6 is 0 Å². The predicted molar refractivity (Wildman–Crippen MR) is 67.6 cm³/mol. The molecule has 2 N–H and O–H groups in total. The molecule has 0 saturated heterocycles. The van der Waals surface area contributed by atoms with Crippen LogP contribution in [0.3, 0.4) is 0 Å². The molecule has 0 saturated carbocycles. The Morgan fingerprint density at radius 2 is 2.18 bits per heavy atom. The van der Waals surface area contributed by atoms with Gasteiger partial charge in [0.05, 0.1) is 5.69 Å². The number of nitrogen functional groups attached to an aromatic ring is 1. The molecule has 0 radical (unpaired) electrons. The van der Waals surface area contributed by atoms with Crippen LogP contribution in [0.15, 0.2) is 42.8 Å². The third kappa shape index (κ3) is 1.73. The molecule has 2 heterocycles. The van der Waals surface area contributed by atoms with Crippen LogP contribution in [-0.2, 0) is 6.42 Å². The zero-order valence-electron chi connectivity index (χ0n) is 9.24. The van der Waals surface area contributed by atoms with E-state index in [-0.39, 0.29) is 0 Å². The lowest BCUT2D eigenvalue weighted by Gasteiger charge is -2.06. The van der Waals surface area contributed by atoms with Gasteiger partial charge in [-0.25, -0.2) is 4.98 Å². The van der Waals surface area contributed by atoms with Crippen molar-refractivity contribution in [3.8, 4) is 5.82 Å². The maximum absolute atomic E-state index is 5.61. The molecule has 17 heavy (non-hydrogen) atoms. The van der Waals surface area contributed by atoms with Crippen molar-refractivity contribution in [1.29, 1.82) is 0 Å². The zero-order chi connectivity index (χ0) is 11.7. The quantitative estimate of drug-likeness (QED) is 0.805. The van der Waals surface area contributed by atoms with Gasteiger partial charge in [0, 0.05) is 12.4 Å². The highest BCUT2D eigenvalue weighted by molar-refractivity contribution is 5.57. The van der Waals surface area contributed by atoms with Crippen molar-refractivity contribution in [2.24, 2.45) is 0 Å². The molecule has 84 valence electrons. The zero-order valence-corrected chi connectivity index (χ0v) is 9.24. The van der Waals surface area contributed by atoms with E-state index in [0.29, 0.717) is 5.95 Å². The molecule has 3 rings (SSSR count). The Bertz CT molecular complexity index is 608. The molecule has 0 bridgehead atoms. The monoisotopic (exact) mass is 224 g/mol. The summed E-state index contributed by atoms with van der Waals surface area (Å²) in [6.45, 7) is 0. The topological polar surface area (TPSA) is 56.7 Å². The molecule has 1 aliphatic carbocycles. The van der Waals surface area contributed by atoms with Crippen LogP contribution in [0, 0.1) is 0 Å². The Kier molecular flexibility index (Phi) is 2.26. The van der Waals surface area contributed by atoms with Crippen molar-refractivity contribution in [1.82, 2.24) is 14.5 Å². The molecule has 2 aromatic rings. The standard InChI is InChI=1S/C13H12N4/c14-13-15-8-6-12(16-13)17-9-7-10-4-2-1-3-5-11(10)17/h1-3,5-9H,4H2,(H2,14,15,16). The minimum absolute atomic E-state index is 0.292. The highest BCUT2D eigenvalue weighted by Gasteiger charge is 2.09. The fraction of sp³-hybridized carbons (Fsp3) is 0.0769. The van der Waals surface area contributed by atoms with Crippen LogP contribution in [0.25, 0.3) is 11.9 Å². The summed E-state index contributed by atoms with van der Waals surface area (Å²) in [7, 11) is 0. The van der Waals surface area contributed by atoms with Gasteiger partial charge in [-0.15, -0.1) is 0 Å². The van der Waals surface area contributed by atoms with Gasteiger partial charge in [0.1, 0.15) is 5.82 Å². The predicted octanol–water partition coefficient (Wildman–Crippen LogP) is 1.98. The summed E-state index contributed by atoms with van der Waals surface area (Å²) in [5.74, 6) is 1.09. The summed E-state index contributed by atoms with van der Waals surface area (Å²) in [5.41, 5.74) is 8.04. The number of nitrogens with two attached hydrogens (primary N) is 1. The summed E-state index contributed by atoms with van der Waals surface area (Å²) in [6.07, 6.45) is 12.9. The number of rotatable bonds is 1. The summed E-state index contributed by atoms with van der Waals surface area (Å²) >= 11 is 0. The number of allylic oxidation sites excluding steroid dienone is 3. The van der Waals surface area contributed by atoms with Crippen molar-refractivity contribution in [2.45, 2.75) is 6.42 Å². The first-order valence-electron chi connectivity index (χ1n) is 5.47. The van der Waals surface area contributed by atoms with Gasteiger partial charge in [0.25, 0.3) is 0 Å². The average molecular weight is 224 g/mol. The average Bonchev–Trinajstić information content (AvgIpc) is 2.59. The second-order valence-electron chi connectivity index (χ2n) is 3.86. The van der Waals surface area contributed by atoms with Gasteiger partial charge in [-0.2, -0.15) is 4.98 Å². The van der Waals surface area contributed by atoms with Crippen molar-refractivity contribution in [3.05, 3.63) is 54.0 Å². The Morgan fingerprint density at radius 3 is 3.06 bits per heavy atom. The van der Waals surface area contributed by atoms with Crippen LogP contribution in [-0.4, -0.2) is 14.5 Å². The molecule has 0 aliphatic heterocycles. The van der Waals surface area contributed by atoms with E-state index < -0.39 is 0 Å². The highest BCUT2D eigenvalue weighted by Crippen LogP contribution is 2.20. The van der Waals surface area contributed by atoms with Crippen molar-refractivity contribution >= 4 is 12.0 Å². The number of fused-ring (bicyclic) bond motifs is 1. The van der Waals surface area contributed by atoms with E-state index in [1.54, 1.807) is 6.20 Å². The first-order chi connectivity index (χ1) is 8.34. The van der Waals surface area contributed by atoms with Crippen molar-refractivity contribution < 1.29 is 0 Å². The Morgan fingerprint density at radius 1 is 1.24 bits per heavy atom. The van der Waals surface area contributed by atoms with Gasteiger partial charge < -0.3 is 10.3 Å². The molecule has 0 fully saturated rings. The number of aromatic nitrogens is 3. The fourth-order valence-corrected chi connectivity index (χ4v) is 1.96. The maximum Gasteiger partial charge on any atom is 0.221 e. The third-order valence-corrected chi connectivity index (χ3v) is 2.76. The molecular formula is C13H12N4. The van der Waals surface area contributed by atoms with Gasteiger partial charge in [-0.1, -0.05) is 18.2 Å². The highest BCUT2D eigenvalue weighted by atomic mass is 15.1. The van der Waals surface area contributed by atoms with E-state index in [1.807, 2.05) is 22.9 Å². The Hall–Kier alpha value is -2.36. The van der Waals surface area contributed by atoms with E-state index >= 15 is 0 Å². The normalized spacial score (nSPS) is 13.4. The molecule has 2 aromatic heterocycles. The van der Waals surface area contributed by atoms with Crippen LogP contribution < -0.4 is 5.73 Å². The SMILES string of the molecule is Nc1nccc(-n2ccc3c2C=CC=CC3)n1. The van der Waals surface area contributed by atoms with Gasteiger partial charge in [0.2, 0.25) is 5.95 Å². The molecular weight excluding hydrogens is 212 g/mol. The third-order valence-electron chi connectivity index (χ3n) is 2.76. The van der Waals surface area contributed by atoms with Crippen LogP contribution in [0.1, 0.15) is 11.3 Å². The molecule has 4 nitrogen and oxygen atoms in total. The minimum Gasteiger partial charge on any atom is -0.368 e. The second kappa shape index (κ2) is 3.90. The number of nitrogens with zero attached hydrogens (tertiary/aromatic N) is 3. The first kappa shape index (κ1) is 9.84. The van der Waals surface area contributed by atoms with Gasteiger partial charge >= 0.3 is 0 Å². The van der Waals surface area contributed by atoms with Crippen molar-refractivity contribution in [2.75, 3.05) is 5.73 Å². The second-order valence-corrected chi connectivity index (χ2v) is 3.86. The smallest absolute Gasteiger partial charge is 0.221 e. The summed E-state index contributed by atoms with van der Waals surface area (Å²) < 4.78 is 2.02. The van der Waals surface area contributed by atoms with Gasteiger partial charge in [-0.05, 0) is 30.2 Å². The van der Waals surface area contributed by atoms with E-state index in [4.69, 9.17) is 5.73 Å². The van der Waals surface area contributed by atoms with Gasteiger partial charge in [-0.3, -0.25) is 0 Å². The number of hydrogen-bond donors (Lipinski definition) is 1. The van der Waals surface area contributed by atoms with Crippen LogP contribution in [0.2, 0.25) is 0 Å². The van der Waals surface area contributed by atoms with Crippen LogP contribution in [0.5, 0.6) is 0 Å². The summed E-state index contributed by atoms with van der Waals surface area (Å²) in [4.78, 5) is 8.13. The first-order valence-corrected chi connectivity index (χ1v) is 5.47. The molecule has 4 heteroatoms. The van der Waals surface area contributed by atoms with E-state index in [2.05, 4.69) is 34.3 Å². The maximum atomic E-state index is 5.61. The van der Waals surface area contributed by atoms with E-state index in [1.165, 1.54) is 5.56 Å². The lowest BCUT2D eigenvalue weighted by Crippen LogP contribution is -2.02. The number of anilines is 1. The van der Waals surface area contributed by atoms with Crippen molar-refractivity contribution in [3.63, 3.8) is 0 Å². The lowest BCUT2D eigenvalue weighted by atomic mass is 10.2. The van der Waals surface area contributed by atoms with Gasteiger partial charge in [0.15, 0.2) is 0 Å². The molecule has 0 unspecified atom stereocenters. The van der Waals surface area contributed by atoms with E-state index in [0.717, 1.165) is 17.9 Å². The Balaban J connectivity index is 2.14. The molecule has 0 aromatic carbocycles.